The van der Waals surface area contributed by atoms with Crippen LogP contribution >= 0.6 is 0 Å². The Bertz CT molecular complexity index is 711. The van der Waals surface area contributed by atoms with Gasteiger partial charge in [-0.1, -0.05) is 23.8 Å². The van der Waals surface area contributed by atoms with Crippen molar-refractivity contribution in [2.45, 2.75) is 39.0 Å². The number of rotatable bonds is 7. The van der Waals surface area contributed by atoms with Gasteiger partial charge in [-0.3, -0.25) is 9.10 Å². The molecule has 0 unspecified atom stereocenters. The molecule has 0 spiro atoms. The van der Waals surface area contributed by atoms with Gasteiger partial charge >= 0.3 is 0 Å². The van der Waals surface area contributed by atoms with Crippen LogP contribution in [-0.4, -0.2) is 33.7 Å². The van der Waals surface area contributed by atoms with E-state index in [2.05, 4.69) is 11.4 Å². The second-order valence-corrected chi connectivity index (χ2v) is 8.22. The molecule has 0 heterocycles. The van der Waals surface area contributed by atoms with E-state index in [1.54, 1.807) is 18.2 Å². The largest absolute Gasteiger partial charge is 0.354 e. The van der Waals surface area contributed by atoms with Gasteiger partial charge in [0.25, 0.3) is 0 Å². The van der Waals surface area contributed by atoms with Crippen LogP contribution in [0.1, 0.15) is 37.7 Å². The molecule has 0 atom stereocenters. The molecule has 1 amide bonds. The Morgan fingerprint density at radius 2 is 2.08 bits per heavy atom. The second kappa shape index (κ2) is 8.33. The quantitative estimate of drug-likeness (QED) is 0.769. The lowest BCUT2D eigenvalue weighted by Crippen LogP contribution is -2.40. The first-order chi connectivity index (χ1) is 11.4. The van der Waals surface area contributed by atoms with Crippen LogP contribution in [0.25, 0.3) is 0 Å². The number of allylic oxidation sites excluding steroid dienone is 1. The number of amides is 1. The summed E-state index contributed by atoms with van der Waals surface area (Å²) in [6.07, 6.45) is 8.91. The Kier molecular flexibility index (Phi) is 6.43. The second-order valence-electron chi connectivity index (χ2n) is 6.32. The summed E-state index contributed by atoms with van der Waals surface area (Å²) in [7, 11) is -3.51. The zero-order valence-electron chi connectivity index (χ0n) is 14.4. The molecule has 1 aromatic rings. The Morgan fingerprint density at radius 3 is 2.71 bits per heavy atom. The van der Waals surface area contributed by atoms with E-state index in [4.69, 9.17) is 0 Å². The predicted molar refractivity (Wildman–Crippen MR) is 97.5 cm³/mol. The lowest BCUT2D eigenvalue weighted by Gasteiger charge is -2.22. The van der Waals surface area contributed by atoms with Gasteiger partial charge < -0.3 is 5.32 Å². The van der Waals surface area contributed by atoms with Crippen LogP contribution in [0, 0.1) is 6.92 Å². The number of carbonyl (C=O) groups excluding carboxylic acids is 1. The van der Waals surface area contributed by atoms with E-state index in [0.29, 0.717) is 12.2 Å². The van der Waals surface area contributed by atoms with Gasteiger partial charge in [-0.25, -0.2) is 8.42 Å². The topological polar surface area (TPSA) is 66.5 Å². The number of benzene rings is 1. The van der Waals surface area contributed by atoms with Crippen molar-refractivity contribution in [3.05, 3.63) is 41.5 Å². The number of hydrogen-bond donors (Lipinski definition) is 1. The van der Waals surface area contributed by atoms with Gasteiger partial charge in [-0.2, -0.15) is 0 Å². The molecule has 0 bridgehead atoms. The van der Waals surface area contributed by atoms with Crippen LogP contribution in [0.4, 0.5) is 5.69 Å². The van der Waals surface area contributed by atoms with Gasteiger partial charge in [-0.15, -0.1) is 0 Å². The van der Waals surface area contributed by atoms with Gasteiger partial charge in [0, 0.05) is 6.54 Å². The van der Waals surface area contributed by atoms with Gasteiger partial charge in [0.05, 0.1) is 11.9 Å². The smallest absolute Gasteiger partial charge is 0.240 e. The standard InChI is InChI=1S/C18H26N2O3S/c1-15-7-6-10-17(13-15)20(24(2,22)23)14-18(21)19-12-11-16-8-4-3-5-9-16/h6-8,10,13H,3-5,9,11-12,14H2,1-2H3,(H,19,21). The zero-order valence-corrected chi connectivity index (χ0v) is 15.2. The van der Waals surface area contributed by atoms with Crippen molar-refractivity contribution in [3.63, 3.8) is 0 Å². The van der Waals surface area contributed by atoms with Gasteiger partial charge in [0.15, 0.2) is 0 Å². The Hall–Kier alpha value is -1.82. The molecule has 1 aromatic carbocycles. The Labute approximate surface area is 144 Å². The molecule has 1 aliphatic carbocycles. The van der Waals surface area contributed by atoms with E-state index in [9.17, 15) is 13.2 Å². The number of hydrogen-bond acceptors (Lipinski definition) is 3. The lowest BCUT2D eigenvalue weighted by molar-refractivity contribution is -0.119. The summed E-state index contributed by atoms with van der Waals surface area (Å²) in [6.45, 7) is 2.25. The fourth-order valence-corrected chi connectivity index (χ4v) is 3.71. The molecule has 0 saturated heterocycles. The highest BCUT2D eigenvalue weighted by molar-refractivity contribution is 7.92. The van der Waals surface area contributed by atoms with Crippen LogP contribution in [-0.2, 0) is 14.8 Å². The predicted octanol–water partition coefficient (Wildman–Crippen LogP) is 2.77. The van der Waals surface area contributed by atoms with Crippen molar-refractivity contribution in [2.24, 2.45) is 0 Å². The maximum atomic E-state index is 12.2. The third-order valence-electron chi connectivity index (χ3n) is 4.13. The molecule has 5 nitrogen and oxygen atoms in total. The Morgan fingerprint density at radius 1 is 1.29 bits per heavy atom. The molecule has 2 rings (SSSR count). The highest BCUT2D eigenvalue weighted by Crippen LogP contribution is 2.20. The third-order valence-corrected chi connectivity index (χ3v) is 5.27. The van der Waals surface area contributed by atoms with Crippen LogP contribution in [0.2, 0.25) is 0 Å². The van der Waals surface area contributed by atoms with Gasteiger partial charge in [0.1, 0.15) is 6.54 Å². The minimum Gasteiger partial charge on any atom is -0.354 e. The van der Waals surface area contributed by atoms with Crippen molar-refractivity contribution in [1.29, 1.82) is 0 Å². The Balaban J connectivity index is 1.94. The van der Waals surface area contributed by atoms with Crippen LogP contribution in [0.3, 0.4) is 0 Å². The summed E-state index contributed by atoms with van der Waals surface area (Å²) in [4.78, 5) is 12.2. The number of aryl methyl sites for hydroxylation is 1. The molecular weight excluding hydrogens is 324 g/mol. The molecule has 1 aliphatic rings. The summed E-state index contributed by atoms with van der Waals surface area (Å²) >= 11 is 0. The zero-order chi connectivity index (χ0) is 17.6. The maximum absolute atomic E-state index is 12.2. The number of carbonyl (C=O) groups is 1. The molecule has 0 fully saturated rings. The van der Waals surface area contributed by atoms with Crippen molar-refractivity contribution < 1.29 is 13.2 Å². The summed E-state index contributed by atoms with van der Waals surface area (Å²) in [5.74, 6) is -0.279. The maximum Gasteiger partial charge on any atom is 0.240 e. The average molecular weight is 350 g/mol. The first-order valence-corrected chi connectivity index (χ1v) is 10.2. The number of nitrogens with one attached hydrogen (secondary N) is 1. The number of nitrogens with zero attached hydrogens (tertiary/aromatic N) is 1. The summed E-state index contributed by atoms with van der Waals surface area (Å²) in [6, 6.07) is 7.15. The molecule has 132 valence electrons. The highest BCUT2D eigenvalue weighted by Gasteiger charge is 2.20. The minimum absolute atomic E-state index is 0.193. The summed E-state index contributed by atoms with van der Waals surface area (Å²) < 4.78 is 25.2. The van der Waals surface area contributed by atoms with Crippen LogP contribution in [0.5, 0.6) is 0 Å². The summed E-state index contributed by atoms with van der Waals surface area (Å²) in [5, 5.41) is 2.83. The van der Waals surface area contributed by atoms with E-state index in [-0.39, 0.29) is 12.5 Å². The van der Waals surface area contributed by atoms with Crippen molar-refractivity contribution in [1.82, 2.24) is 5.32 Å². The highest BCUT2D eigenvalue weighted by atomic mass is 32.2. The minimum atomic E-state index is -3.51. The summed E-state index contributed by atoms with van der Waals surface area (Å²) in [5.41, 5.74) is 2.86. The molecule has 24 heavy (non-hydrogen) atoms. The average Bonchev–Trinajstić information content (AvgIpc) is 2.52. The van der Waals surface area contributed by atoms with E-state index in [0.717, 1.165) is 35.4 Å². The first kappa shape index (κ1) is 18.5. The molecule has 0 radical (unpaired) electrons. The molecule has 0 aliphatic heterocycles. The fourth-order valence-electron chi connectivity index (χ4n) is 2.86. The molecule has 6 heteroatoms. The first-order valence-electron chi connectivity index (χ1n) is 8.35. The fraction of sp³-hybridized carbons (Fsp3) is 0.500. The molecule has 0 saturated carbocycles. The van der Waals surface area contributed by atoms with E-state index >= 15 is 0 Å². The lowest BCUT2D eigenvalue weighted by atomic mass is 9.97. The van der Waals surface area contributed by atoms with Crippen LogP contribution < -0.4 is 9.62 Å². The van der Waals surface area contributed by atoms with Gasteiger partial charge in [0.2, 0.25) is 15.9 Å². The molecule has 0 aromatic heterocycles. The van der Waals surface area contributed by atoms with Crippen molar-refractivity contribution >= 4 is 21.6 Å². The van der Waals surface area contributed by atoms with Crippen molar-refractivity contribution in [3.8, 4) is 0 Å². The van der Waals surface area contributed by atoms with Crippen molar-refractivity contribution in [2.75, 3.05) is 23.7 Å². The van der Waals surface area contributed by atoms with Gasteiger partial charge in [-0.05, 0) is 56.7 Å². The normalized spacial score (nSPS) is 14.8. The number of sulfonamides is 1. The third kappa shape index (κ3) is 5.67. The SMILES string of the molecule is Cc1cccc(N(CC(=O)NCCC2=CCCCC2)S(C)(=O)=O)c1. The molecule has 1 N–H and O–H groups in total. The van der Waals surface area contributed by atoms with E-state index in [1.165, 1.54) is 18.4 Å². The van der Waals surface area contributed by atoms with Crippen LogP contribution in [0.15, 0.2) is 35.9 Å². The number of anilines is 1. The monoisotopic (exact) mass is 350 g/mol. The van der Waals surface area contributed by atoms with E-state index < -0.39 is 10.0 Å². The molecular formula is C18H26N2O3S. The van der Waals surface area contributed by atoms with E-state index in [1.807, 2.05) is 13.0 Å².